The summed E-state index contributed by atoms with van der Waals surface area (Å²) in [6.07, 6.45) is 1.87. The van der Waals surface area contributed by atoms with Crippen molar-refractivity contribution in [2.24, 2.45) is 5.73 Å². The molecule has 1 rings (SSSR count). The molecule has 0 saturated heterocycles. The van der Waals surface area contributed by atoms with Crippen molar-refractivity contribution in [2.75, 3.05) is 6.61 Å². The Bertz CT molecular complexity index is 291. The third-order valence-electron chi connectivity index (χ3n) is 1.90. The van der Waals surface area contributed by atoms with E-state index in [2.05, 4.69) is 4.98 Å². The van der Waals surface area contributed by atoms with Crippen LogP contribution < -0.4 is 5.73 Å². The van der Waals surface area contributed by atoms with E-state index in [-0.39, 0.29) is 12.6 Å². The Morgan fingerprint density at radius 1 is 1.69 bits per heavy atom. The molecule has 0 aliphatic rings. The van der Waals surface area contributed by atoms with Crippen LogP contribution >= 0.6 is 0 Å². The number of hydrogen-bond donors (Lipinski definition) is 2. The Labute approximate surface area is 76.4 Å². The molecule has 0 fully saturated rings. The molecule has 0 amide bonds. The highest BCUT2D eigenvalue weighted by molar-refractivity contribution is 5.20. The Balaban J connectivity index is 2.84. The van der Waals surface area contributed by atoms with Gasteiger partial charge in [-0.15, -0.1) is 0 Å². The second-order valence-electron chi connectivity index (χ2n) is 3.00. The largest absolute Gasteiger partial charge is 0.396 e. The third-order valence-corrected chi connectivity index (χ3v) is 1.90. The highest BCUT2D eigenvalue weighted by Crippen LogP contribution is 2.14. The number of aromatic nitrogens is 1. The first-order valence-corrected chi connectivity index (χ1v) is 4.13. The summed E-state index contributed by atoms with van der Waals surface area (Å²) in [6.45, 7) is 1.66. The van der Waals surface area contributed by atoms with Crippen LogP contribution in [0.3, 0.4) is 0 Å². The summed E-state index contributed by atoms with van der Waals surface area (Å²) in [6, 6.07) is 1.39. The number of nitrogens with two attached hydrogens (primary N) is 1. The summed E-state index contributed by atoms with van der Waals surface area (Å²) in [5, 5.41) is 8.65. The van der Waals surface area contributed by atoms with Crippen LogP contribution in [0.25, 0.3) is 0 Å². The molecule has 13 heavy (non-hydrogen) atoms. The fourth-order valence-electron chi connectivity index (χ4n) is 1.09. The maximum absolute atomic E-state index is 12.7. The van der Waals surface area contributed by atoms with Gasteiger partial charge in [-0.1, -0.05) is 0 Å². The van der Waals surface area contributed by atoms with Gasteiger partial charge in [0.15, 0.2) is 0 Å². The van der Waals surface area contributed by atoms with Gasteiger partial charge in [-0.25, -0.2) is 4.98 Å². The van der Waals surface area contributed by atoms with Crippen molar-refractivity contribution >= 4 is 0 Å². The van der Waals surface area contributed by atoms with Crippen molar-refractivity contribution in [3.63, 3.8) is 0 Å². The summed E-state index contributed by atoms with van der Waals surface area (Å²) < 4.78 is 12.7. The van der Waals surface area contributed by atoms with E-state index < -0.39 is 5.95 Å². The van der Waals surface area contributed by atoms with Gasteiger partial charge in [0.2, 0.25) is 5.95 Å². The average molecular weight is 184 g/mol. The SMILES string of the molecule is Cc1cc(C(N)CCO)cnc1F. The van der Waals surface area contributed by atoms with Crippen molar-refractivity contribution in [1.82, 2.24) is 4.98 Å². The fourth-order valence-corrected chi connectivity index (χ4v) is 1.09. The number of nitrogens with zero attached hydrogens (tertiary/aromatic N) is 1. The lowest BCUT2D eigenvalue weighted by molar-refractivity contribution is 0.276. The predicted octanol–water partition coefficient (Wildman–Crippen LogP) is 0.911. The summed E-state index contributed by atoms with van der Waals surface area (Å²) in [4.78, 5) is 3.55. The third kappa shape index (κ3) is 2.47. The van der Waals surface area contributed by atoms with Crippen molar-refractivity contribution in [3.8, 4) is 0 Å². The van der Waals surface area contributed by atoms with E-state index in [0.717, 1.165) is 5.56 Å². The monoisotopic (exact) mass is 184 g/mol. The number of aliphatic hydroxyl groups is 1. The molecule has 3 nitrogen and oxygen atoms in total. The molecule has 0 bridgehead atoms. The molecule has 0 aliphatic heterocycles. The van der Waals surface area contributed by atoms with Crippen LogP contribution in [-0.2, 0) is 0 Å². The Hall–Kier alpha value is -1.00. The van der Waals surface area contributed by atoms with E-state index in [1.165, 1.54) is 6.20 Å². The van der Waals surface area contributed by atoms with Gasteiger partial charge in [0, 0.05) is 24.4 Å². The molecule has 1 aromatic rings. The maximum Gasteiger partial charge on any atom is 0.215 e. The van der Waals surface area contributed by atoms with Gasteiger partial charge in [0.25, 0.3) is 0 Å². The molecule has 0 aromatic carbocycles. The minimum atomic E-state index is -0.472. The lowest BCUT2D eigenvalue weighted by Crippen LogP contribution is -2.12. The Kier molecular flexibility index (Phi) is 3.33. The number of halogens is 1. The zero-order valence-corrected chi connectivity index (χ0v) is 7.50. The highest BCUT2D eigenvalue weighted by Gasteiger charge is 2.07. The van der Waals surface area contributed by atoms with E-state index in [4.69, 9.17) is 10.8 Å². The van der Waals surface area contributed by atoms with Crippen LogP contribution in [0.2, 0.25) is 0 Å². The molecule has 0 spiro atoms. The Morgan fingerprint density at radius 3 is 2.92 bits per heavy atom. The van der Waals surface area contributed by atoms with Crippen LogP contribution in [-0.4, -0.2) is 16.7 Å². The van der Waals surface area contributed by atoms with Crippen LogP contribution in [0, 0.1) is 12.9 Å². The van der Waals surface area contributed by atoms with E-state index in [1.807, 2.05) is 0 Å². The lowest BCUT2D eigenvalue weighted by atomic mass is 10.1. The van der Waals surface area contributed by atoms with Crippen LogP contribution in [0.4, 0.5) is 4.39 Å². The molecule has 1 unspecified atom stereocenters. The molecular weight excluding hydrogens is 171 g/mol. The van der Waals surface area contributed by atoms with Gasteiger partial charge in [-0.05, 0) is 25.0 Å². The van der Waals surface area contributed by atoms with Crippen molar-refractivity contribution in [2.45, 2.75) is 19.4 Å². The summed E-state index contributed by atoms with van der Waals surface area (Å²) >= 11 is 0. The van der Waals surface area contributed by atoms with Crippen LogP contribution in [0.15, 0.2) is 12.3 Å². The molecule has 3 N–H and O–H groups in total. The second-order valence-corrected chi connectivity index (χ2v) is 3.00. The fraction of sp³-hybridized carbons (Fsp3) is 0.444. The predicted molar refractivity (Wildman–Crippen MR) is 47.6 cm³/mol. The second kappa shape index (κ2) is 4.30. The summed E-state index contributed by atoms with van der Waals surface area (Å²) in [5.41, 5.74) is 6.94. The van der Waals surface area contributed by atoms with Gasteiger partial charge >= 0.3 is 0 Å². The molecule has 72 valence electrons. The van der Waals surface area contributed by atoms with Gasteiger partial charge in [-0.3, -0.25) is 0 Å². The maximum atomic E-state index is 12.7. The van der Waals surface area contributed by atoms with E-state index >= 15 is 0 Å². The molecule has 0 saturated carbocycles. The lowest BCUT2D eigenvalue weighted by Gasteiger charge is -2.10. The molecule has 1 atom stereocenters. The normalized spacial score (nSPS) is 12.9. The molecule has 4 heteroatoms. The van der Waals surface area contributed by atoms with Crippen molar-refractivity contribution in [1.29, 1.82) is 0 Å². The molecule has 1 aromatic heterocycles. The van der Waals surface area contributed by atoms with E-state index in [0.29, 0.717) is 12.0 Å². The quantitative estimate of drug-likeness (QED) is 0.686. The minimum Gasteiger partial charge on any atom is -0.396 e. The average Bonchev–Trinajstić information content (AvgIpc) is 2.10. The number of aryl methyl sites for hydroxylation is 1. The molecule has 0 radical (unpaired) electrons. The first-order chi connectivity index (χ1) is 6.15. The standard InChI is InChI=1S/C9H13FN2O/c1-6-4-7(5-12-9(6)10)8(11)2-3-13/h4-5,8,13H,2-3,11H2,1H3. The number of pyridine rings is 1. The highest BCUT2D eigenvalue weighted by atomic mass is 19.1. The number of aliphatic hydroxyl groups excluding tert-OH is 1. The summed E-state index contributed by atoms with van der Waals surface area (Å²) in [5.74, 6) is -0.472. The first kappa shape index (κ1) is 10.1. The smallest absolute Gasteiger partial charge is 0.215 e. The minimum absolute atomic E-state index is 0.0254. The molecule has 1 heterocycles. The van der Waals surface area contributed by atoms with Gasteiger partial charge in [0.1, 0.15) is 0 Å². The topological polar surface area (TPSA) is 59.1 Å². The number of hydrogen-bond acceptors (Lipinski definition) is 3. The molecular formula is C9H13FN2O. The van der Waals surface area contributed by atoms with Crippen molar-refractivity contribution < 1.29 is 9.50 Å². The molecule has 0 aliphatic carbocycles. The van der Waals surface area contributed by atoms with Gasteiger partial charge < -0.3 is 10.8 Å². The van der Waals surface area contributed by atoms with Gasteiger partial charge in [-0.2, -0.15) is 4.39 Å². The van der Waals surface area contributed by atoms with E-state index in [1.54, 1.807) is 13.0 Å². The van der Waals surface area contributed by atoms with Crippen LogP contribution in [0.1, 0.15) is 23.6 Å². The van der Waals surface area contributed by atoms with Gasteiger partial charge in [0.05, 0.1) is 0 Å². The summed E-state index contributed by atoms with van der Waals surface area (Å²) in [7, 11) is 0. The zero-order chi connectivity index (χ0) is 9.84. The first-order valence-electron chi connectivity index (χ1n) is 4.13. The van der Waals surface area contributed by atoms with Crippen molar-refractivity contribution in [3.05, 3.63) is 29.3 Å². The zero-order valence-electron chi connectivity index (χ0n) is 7.50. The number of rotatable bonds is 3. The van der Waals surface area contributed by atoms with E-state index in [9.17, 15) is 4.39 Å². The Morgan fingerprint density at radius 2 is 2.38 bits per heavy atom. The van der Waals surface area contributed by atoms with Crippen LogP contribution in [0.5, 0.6) is 0 Å².